The average Bonchev–Trinajstić information content (AvgIpc) is 2.82. The number of carbonyl (C=O) groups is 1. The molecule has 0 radical (unpaired) electrons. The van der Waals surface area contributed by atoms with Gasteiger partial charge in [0, 0.05) is 12.1 Å². The lowest BCUT2D eigenvalue weighted by molar-refractivity contribution is 0.0955. The molecule has 0 saturated carbocycles. The maximum absolute atomic E-state index is 11.9. The minimum atomic E-state index is -0.180. The van der Waals surface area contributed by atoms with Gasteiger partial charge in [-0.25, -0.2) is 0 Å². The van der Waals surface area contributed by atoms with E-state index >= 15 is 0 Å². The van der Waals surface area contributed by atoms with Crippen LogP contribution in [0, 0.1) is 0 Å². The molecule has 0 spiro atoms. The van der Waals surface area contributed by atoms with Gasteiger partial charge in [-0.2, -0.15) is 0 Å². The van der Waals surface area contributed by atoms with Crippen LogP contribution in [-0.2, 0) is 6.54 Å². The molecule has 0 fully saturated rings. The highest BCUT2D eigenvalue weighted by atomic mass is 35.5. The Hall–Kier alpha value is -1.43. The molecular weight excluding hydrogens is 300 g/mol. The topological polar surface area (TPSA) is 55.1 Å². The van der Waals surface area contributed by atoms with Crippen LogP contribution in [0.4, 0.5) is 0 Å². The van der Waals surface area contributed by atoms with Crippen LogP contribution >= 0.6 is 35.2 Å². The van der Waals surface area contributed by atoms with E-state index in [4.69, 9.17) is 29.6 Å². The van der Waals surface area contributed by atoms with Gasteiger partial charge >= 0.3 is 0 Å². The first-order chi connectivity index (χ1) is 9.08. The minimum Gasteiger partial charge on any atom is -0.389 e. The molecule has 0 aliphatic rings. The van der Waals surface area contributed by atoms with Crippen molar-refractivity contribution in [2.24, 2.45) is 5.73 Å². The Bertz CT molecular complexity index is 625. The summed E-state index contributed by atoms with van der Waals surface area (Å²) < 4.78 is 0. The fourth-order valence-corrected chi connectivity index (χ4v) is 2.74. The van der Waals surface area contributed by atoms with Crippen molar-refractivity contribution in [3.8, 4) is 0 Å². The number of nitrogens with two attached hydrogens (primary N) is 1. The highest BCUT2D eigenvalue weighted by molar-refractivity contribution is 7.80. The van der Waals surface area contributed by atoms with Gasteiger partial charge in [0.25, 0.3) is 5.91 Å². The van der Waals surface area contributed by atoms with Gasteiger partial charge in [-0.1, -0.05) is 42.0 Å². The molecule has 0 aliphatic carbocycles. The zero-order valence-corrected chi connectivity index (χ0v) is 12.2. The van der Waals surface area contributed by atoms with Gasteiger partial charge in [0.05, 0.1) is 5.02 Å². The molecule has 0 atom stereocenters. The Balaban J connectivity index is 2.03. The molecule has 3 N–H and O–H groups in total. The largest absolute Gasteiger partial charge is 0.389 e. The summed E-state index contributed by atoms with van der Waals surface area (Å²) in [6.45, 7) is 0.406. The molecule has 1 heterocycles. The first-order valence-corrected chi connectivity index (χ1v) is 7.14. The van der Waals surface area contributed by atoms with E-state index in [9.17, 15) is 4.79 Å². The summed E-state index contributed by atoms with van der Waals surface area (Å²) in [5, 5.41) is 5.07. The fraction of sp³-hybridized carbons (Fsp3) is 0.0769. The second kappa shape index (κ2) is 6.14. The first-order valence-electron chi connectivity index (χ1n) is 5.48. The van der Waals surface area contributed by atoms with Crippen molar-refractivity contribution in [2.45, 2.75) is 6.54 Å². The highest BCUT2D eigenvalue weighted by Gasteiger charge is 2.11. The maximum Gasteiger partial charge on any atom is 0.263 e. The van der Waals surface area contributed by atoms with Gasteiger partial charge in [0.1, 0.15) is 9.87 Å². The Morgan fingerprint density at radius 1 is 1.42 bits per heavy atom. The zero-order valence-electron chi connectivity index (χ0n) is 9.85. The molecule has 1 amide bonds. The summed E-state index contributed by atoms with van der Waals surface area (Å²) in [4.78, 5) is 12.7. The normalized spacial score (nSPS) is 10.2. The molecule has 0 saturated heterocycles. The Morgan fingerprint density at radius 2 is 2.21 bits per heavy atom. The number of benzene rings is 1. The first kappa shape index (κ1) is 14.0. The Labute approximate surface area is 125 Å². The lowest BCUT2D eigenvalue weighted by Crippen LogP contribution is -2.22. The number of thiophene rings is 1. The van der Waals surface area contributed by atoms with Crippen LogP contribution in [0.2, 0.25) is 5.02 Å². The van der Waals surface area contributed by atoms with E-state index in [-0.39, 0.29) is 5.91 Å². The van der Waals surface area contributed by atoms with E-state index in [0.717, 1.165) is 11.1 Å². The minimum absolute atomic E-state index is 0.180. The second-order valence-corrected chi connectivity index (χ2v) is 5.61. The number of hydrogen-bond acceptors (Lipinski definition) is 3. The highest BCUT2D eigenvalue weighted by Crippen LogP contribution is 2.21. The molecule has 2 aromatic rings. The monoisotopic (exact) mass is 310 g/mol. The molecule has 1 aromatic carbocycles. The molecule has 98 valence electrons. The van der Waals surface area contributed by atoms with Crippen molar-refractivity contribution in [1.29, 1.82) is 0 Å². The number of amides is 1. The maximum atomic E-state index is 11.9. The van der Waals surface area contributed by atoms with E-state index < -0.39 is 0 Å². The van der Waals surface area contributed by atoms with Crippen molar-refractivity contribution >= 4 is 46.1 Å². The van der Waals surface area contributed by atoms with Gasteiger partial charge in [-0.05, 0) is 23.1 Å². The standard InChI is InChI=1S/C13H11ClN2OS2/c14-10-4-5-19-11(10)13(17)16-7-8-2-1-3-9(6-8)12(15)18/h1-6H,7H2,(H2,15,18)(H,16,17). The lowest BCUT2D eigenvalue weighted by atomic mass is 10.1. The summed E-state index contributed by atoms with van der Waals surface area (Å²) in [6, 6.07) is 9.16. The molecule has 3 nitrogen and oxygen atoms in total. The molecule has 1 aromatic heterocycles. The Kier molecular flexibility index (Phi) is 4.52. The Morgan fingerprint density at radius 3 is 2.84 bits per heavy atom. The summed E-state index contributed by atoms with van der Waals surface area (Å²) in [5.74, 6) is -0.180. The van der Waals surface area contributed by atoms with E-state index in [0.29, 0.717) is 21.4 Å². The van der Waals surface area contributed by atoms with E-state index in [1.165, 1.54) is 11.3 Å². The average molecular weight is 311 g/mol. The van der Waals surface area contributed by atoms with Crippen LogP contribution in [0.1, 0.15) is 20.8 Å². The van der Waals surface area contributed by atoms with E-state index in [1.54, 1.807) is 11.4 Å². The van der Waals surface area contributed by atoms with Crippen molar-refractivity contribution in [1.82, 2.24) is 5.32 Å². The van der Waals surface area contributed by atoms with Gasteiger partial charge in [0.2, 0.25) is 0 Å². The van der Waals surface area contributed by atoms with Crippen molar-refractivity contribution in [3.63, 3.8) is 0 Å². The van der Waals surface area contributed by atoms with Gasteiger partial charge in [-0.3, -0.25) is 4.79 Å². The number of rotatable bonds is 4. The molecule has 0 aliphatic heterocycles. The second-order valence-electron chi connectivity index (χ2n) is 3.84. The van der Waals surface area contributed by atoms with Crippen LogP contribution in [0.5, 0.6) is 0 Å². The molecular formula is C13H11ClN2OS2. The van der Waals surface area contributed by atoms with Crippen LogP contribution < -0.4 is 11.1 Å². The predicted octanol–water partition coefficient (Wildman–Crippen LogP) is 2.97. The van der Waals surface area contributed by atoms with E-state index in [1.807, 2.05) is 24.3 Å². The summed E-state index contributed by atoms with van der Waals surface area (Å²) in [6.07, 6.45) is 0. The molecule has 6 heteroatoms. The summed E-state index contributed by atoms with van der Waals surface area (Å²) in [7, 11) is 0. The van der Waals surface area contributed by atoms with Crippen LogP contribution in [0.25, 0.3) is 0 Å². The fourth-order valence-electron chi connectivity index (χ4n) is 1.55. The molecule has 19 heavy (non-hydrogen) atoms. The van der Waals surface area contributed by atoms with Gasteiger partial charge in [-0.15, -0.1) is 11.3 Å². The van der Waals surface area contributed by atoms with Crippen molar-refractivity contribution in [2.75, 3.05) is 0 Å². The van der Waals surface area contributed by atoms with Crippen LogP contribution in [-0.4, -0.2) is 10.9 Å². The molecule has 0 unspecified atom stereocenters. The number of halogens is 1. The number of hydrogen-bond donors (Lipinski definition) is 2. The third kappa shape index (κ3) is 3.53. The van der Waals surface area contributed by atoms with Crippen LogP contribution in [0.3, 0.4) is 0 Å². The number of carbonyl (C=O) groups excluding carboxylic acids is 1. The van der Waals surface area contributed by atoms with Crippen molar-refractivity contribution in [3.05, 3.63) is 56.7 Å². The SMILES string of the molecule is NC(=S)c1cccc(CNC(=O)c2sccc2Cl)c1. The lowest BCUT2D eigenvalue weighted by Gasteiger charge is -2.06. The number of thiocarbonyl (C=S) groups is 1. The summed E-state index contributed by atoms with van der Waals surface area (Å²) >= 11 is 12.1. The molecule has 2 rings (SSSR count). The summed E-state index contributed by atoms with van der Waals surface area (Å²) in [5.41, 5.74) is 7.29. The van der Waals surface area contributed by atoms with Crippen molar-refractivity contribution < 1.29 is 4.79 Å². The third-order valence-corrected chi connectivity index (χ3v) is 4.06. The quantitative estimate of drug-likeness (QED) is 0.854. The van der Waals surface area contributed by atoms with Crippen LogP contribution in [0.15, 0.2) is 35.7 Å². The smallest absolute Gasteiger partial charge is 0.263 e. The zero-order chi connectivity index (χ0) is 13.8. The van der Waals surface area contributed by atoms with Gasteiger partial charge in [0.15, 0.2) is 0 Å². The third-order valence-electron chi connectivity index (χ3n) is 2.49. The molecule has 0 bridgehead atoms. The predicted molar refractivity (Wildman–Crippen MR) is 82.8 cm³/mol. The van der Waals surface area contributed by atoms with Gasteiger partial charge < -0.3 is 11.1 Å². The van der Waals surface area contributed by atoms with E-state index in [2.05, 4.69) is 5.32 Å². The number of nitrogens with one attached hydrogen (secondary N) is 1.